The number of fused-ring (bicyclic) bond motifs is 1. The van der Waals surface area contributed by atoms with Gasteiger partial charge in [-0.15, -0.1) is 11.6 Å². The van der Waals surface area contributed by atoms with Crippen LogP contribution in [-0.2, 0) is 0 Å². The minimum Gasteiger partial charge on any atom is -0.351 e. The highest BCUT2D eigenvalue weighted by molar-refractivity contribution is 6.17. The zero-order valence-electron chi connectivity index (χ0n) is 11.1. The predicted octanol–water partition coefficient (Wildman–Crippen LogP) is 2.11. The van der Waals surface area contributed by atoms with E-state index in [-0.39, 0.29) is 11.3 Å². The maximum atomic E-state index is 12.1. The van der Waals surface area contributed by atoms with Crippen LogP contribution in [-0.4, -0.2) is 32.9 Å². The first-order valence-electron chi connectivity index (χ1n) is 6.15. The highest BCUT2D eigenvalue weighted by Crippen LogP contribution is 2.19. The molecular formula is C13H17ClN4O. The molecule has 102 valence electrons. The number of nitrogens with zero attached hydrogens (tertiary/aromatic N) is 3. The number of carbonyl (C=O) groups is 1. The Morgan fingerprint density at radius 1 is 1.47 bits per heavy atom. The van der Waals surface area contributed by atoms with Crippen LogP contribution in [0.15, 0.2) is 24.8 Å². The fraction of sp³-hybridized carbons (Fsp3) is 0.462. The molecule has 0 saturated heterocycles. The molecule has 2 aromatic heterocycles. The highest BCUT2D eigenvalue weighted by atomic mass is 35.5. The lowest BCUT2D eigenvalue weighted by molar-refractivity contribution is 0.0937. The molecule has 1 N–H and O–H groups in total. The summed E-state index contributed by atoms with van der Waals surface area (Å²) in [6.07, 6.45) is 7.38. The van der Waals surface area contributed by atoms with Crippen LogP contribution in [0.5, 0.6) is 0 Å². The first-order valence-corrected chi connectivity index (χ1v) is 6.68. The van der Waals surface area contributed by atoms with E-state index in [0.717, 1.165) is 6.42 Å². The third kappa shape index (κ3) is 3.23. The summed E-state index contributed by atoms with van der Waals surface area (Å²) < 4.78 is 1.63. The minimum absolute atomic E-state index is 0.0153. The summed E-state index contributed by atoms with van der Waals surface area (Å²) in [6, 6.07) is 0. The number of carbonyl (C=O) groups excluding carboxylic acids is 1. The van der Waals surface area contributed by atoms with Gasteiger partial charge < -0.3 is 5.32 Å². The monoisotopic (exact) mass is 280 g/mol. The van der Waals surface area contributed by atoms with Crippen molar-refractivity contribution in [1.29, 1.82) is 0 Å². The van der Waals surface area contributed by atoms with Crippen molar-refractivity contribution in [3.05, 3.63) is 30.4 Å². The van der Waals surface area contributed by atoms with Crippen LogP contribution in [0.25, 0.3) is 5.52 Å². The Kier molecular flexibility index (Phi) is 4.04. The Morgan fingerprint density at radius 2 is 2.26 bits per heavy atom. The third-order valence-electron chi connectivity index (χ3n) is 3.07. The molecule has 0 spiro atoms. The Hall–Kier alpha value is -1.62. The fourth-order valence-corrected chi connectivity index (χ4v) is 2.28. The van der Waals surface area contributed by atoms with E-state index in [4.69, 9.17) is 11.6 Å². The number of rotatable bonds is 5. The van der Waals surface area contributed by atoms with Gasteiger partial charge in [-0.2, -0.15) is 5.10 Å². The standard InChI is InChI=1S/C13H17ClN4O/c1-13(2,3-4-14)9-16-12(19)10-7-17-18-6-5-15-8-11(10)18/h5-8H,3-4,9H2,1-2H3,(H,16,19). The highest BCUT2D eigenvalue weighted by Gasteiger charge is 2.20. The number of aromatic nitrogens is 3. The van der Waals surface area contributed by atoms with Crippen molar-refractivity contribution in [2.45, 2.75) is 20.3 Å². The fourth-order valence-electron chi connectivity index (χ4n) is 1.77. The maximum absolute atomic E-state index is 12.1. The second kappa shape index (κ2) is 5.57. The van der Waals surface area contributed by atoms with Gasteiger partial charge in [0.15, 0.2) is 0 Å². The van der Waals surface area contributed by atoms with E-state index in [9.17, 15) is 4.79 Å². The Balaban J connectivity index is 2.08. The predicted molar refractivity (Wildman–Crippen MR) is 74.4 cm³/mol. The number of hydrogen-bond donors (Lipinski definition) is 1. The van der Waals surface area contributed by atoms with E-state index in [0.29, 0.717) is 23.5 Å². The second-order valence-electron chi connectivity index (χ2n) is 5.25. The van der Waals surface area contributed by atoms with Gasteiger partial charge in [0.05, 0.1) is 23.5 Å². The van der Waals surface area contributed by atoms with E-state index in [1.807, 2.05) is 0 Å². The van der Waals surface area contributed by atoms with Crippen molar-refractivity contribution in [2.24, 2.45) is 5.41 Å². The molecule has 2 rings (SSSR count). The van der Waals surface area contributed by atoms with E-state index in [2.05, 4.69) is 29.2 Å². The third-order valence-corrected chi connectivity index (χ3v) is 3.26. The van der Waals surface area contributed by atoms with E-state index >= 15 is 0 Å². The molecule has 0 fully saturated rings. The minimum atomic E-state index is -0.134. The lowest BCUT2D eigenvalue weighted by Gasteiger charge is -2.23. The molecule has 0 aliphatic carbocycles. The van der Waals surface area contributed by atoms with Crippen LogP contribution >= 0.6 is 11.6 Å². The molecule has 0 radical (unpaired) electrons. The van der Waals surface area contributed by atoms with Gasteiger partial charge in [-0.05, 0) is 11.8 Å². The molecule has 2 heterocycles. The average molecular weight is 281 g/mol. The van der Waals surface area contributed by atoms with Crippen molar-refractivity contribution >= 4 is 23.0 Å². The summed E-state index contributed by atoms with van der Waals surface area (Å²) in [5.74, 6) is 0.453. The van der Waals surface area contributed by atoms with E-state index in [1.54, 1.807) is 29.3 Å². The molecule has 0 atom stereocenters. The Morgan fingerprint density at radius 3 is 3.00 bits per heavy atom. The number of nitrogens with one attached hydrogen (secondary N) is 1. The van der Waals surface area contributed by atoms with Crippen molar-refractivity contribution in [3.8, 4) is 0 Å². The first kappa shape index (κ1) is 13.8. The number of amides is 1. The normalized spacial score (nSPS) is 11.7. The SMILES string of the molecule is CC(C)(CCCl)CNC(=O)c1cnn2ccncc12. The molecule has 19 heavy (non-hydrogen) atoms. The molecule has 0 aliphatic heterocycles. The first-order chi connectivity index (χ1) is 9.03. The summed E-state index contributed by atoms with van der Waals surface area (Å²) in [5.41, 5.74) is 1.23. The zero-order valence-corrected chi connectivity index (χ0v) is 11.8. The average Bonchev–Trinajstić information content (AvgIpc) is 2.80. The molecule has 5 nitrogen and oxygen atoms in total. The molecule has 0 aliphatic rings. The van der Waals surface area contributed by atoms with Crippen molar-refractivity contribution in [3.63, 3.8) is 0 Å². The molecule has 6 heteroatoms. The van der Waals surface area contributed by atoms with Crippen LogP contribution in [0.3, 0.4) is 0 Å². The van der Waals surface area contributed by atoms with Gasteiger partial charge in [0, 0.05) is 24.8 Å². The van der Waals surface area contributed by atoms with Gasteiger partial charge in [0.2, 0.25) is 0 Å². The summed E-state index contributed by atoms with van der Waals surface area (Å²) in [4.78, 5) is 16.2. The summed E-state index contributed by atoms with van der Waals surface area (Å²) in [7, 11) is 0. The Bertz CT molecular complexity index is 579. The summed E-state index contributed by atoms with van der Waals surface area (Å²) >= 11 is 5.74. The molecule has 1 amide bonds. The lowest BCUT2D eigenvalue weighted by atomic mass is 9.90. The van der Waals surface area contributed by atoms with Crippen molar-refractivity contribution in [1.82, 2.24) is 19.9 Å². The zero-order chi connectivity index (χ0) is 13.9. The molecule has 2 aromatic rings. The molecular weight excluding hydrogens is 264 g/mol. The van der Waals surface area contributed by atoms with Gasteiger partial charge in [-0.1, -0.05) is 13.8 Å². The van der Waals surface area contributed by atoms with Crippen LogP contribution in [0.1, 0.15) is 30.6 Å². The van der Waals surface area contributed by atoms with Crippen molar-refractivity contribution < 1.29 is 4.79 Å². The molecule has 0 bridgehead atoms. The molecule has 0 unspecified atom stereocenters. The van der Waals surface area contributed by atoms with Crippen molar-refractivity contribution in [2.75, 3.05) is 12.4 Å². The van der Waals surface area contributed by atoms with Gasteiger partial charge in [0.1, 0.15) is 0 Å². The lowest BCUT2D eigenvalue weighted by Crippen LogP contribution is -2.34. The van der Waals surface area contributed by atoms with E-state index < -0.39 is 0 Å². The maximum Gasteiger partial charge on any atom is 0.255 e. The number of halogens is 1. The van der Waals surface area contributed by atoms with Gasteiger partial charge >= 0.3 is 0 Å². The van der Waals surface area contributed by atoms with Gasteiger partial charge in [-0.3, -0.25) is 9.78 Å². The van der Waals surface area contributed by atoms with Gasteiger partial charge in [-0.25, -0.2) is 4.52 Å². The summed E-state index contributed by atoms with van der Waals surface area (Å²) in [6.45, 7) is 4.73. The second-order valence-corrected chi connectivity index (χ2v) is 5.63. The van der Waals surface area contributed by atoms with Crippen LogP contribution in [0, 0.1) is 5.41 Å². The largest absolute Gasteiger partial charge is 0.351 e. The topological polar surface area (TPSA) is 59.3 Å². The van der Waals surface area contributed by atoms with Crippen LogP contribution in [0.2, 0.25) is 0 Å². The molecule has 0 aromatic carbocycles. The van der Waals surface area contributed by atoms with Crippen LogP contribution in [0.4, 0.5) is 0 Å². The molecule has 0 saturated carbocycles. The Labute approximate surface area is 117 Å². The quantitative estimate of drug-likeness (QED) is 0.854. The number of hydrogen-bond acceptors (Lipinski definition) is 3. The number of alkyl halides is 1. The summed E-state index contributed by atoms with van der Waals surface area (Å²) in [5, 5.41) is 7.04. The van der Waals surface area contributed by atoms with E-state index in [1.165, 1.54) is 0 Å². The van der Waals surface area contributed by atoms with Crippen LogP contribution < -0.4 is 5.32 Å². The van der Waals surface area contributed by atoms with Gasteiger partial charge in [0.25, 0.3) is 5.91 Å². The smallest absolute Gasteiger partial charge is 0.255 e.